The number of hydrogen-bond acceptors (Lipinski definition) is 1. The second-order valence-corrected chi connectivity index (χ2v) is 10.7. The molecule has 0 saturated carbocycles. The molecule has 3 aromatic rings. The minimum Gasteiger partial charge on any atom is -0.358 e. The number of benzene rings is 2. The highest BCUT2D eigenvalue weighted by atomic mass is 35.5. The predicted octanol–water partition coefficient (Wildman–Crippen LogP) is 11.5. The van der Waals surface area contributed by atoms with Gasteiger partial charge in [-0.2, -0.15) is 0 Å². The second kappa shape index (κ2) is 17.0. The fourth-order valence-electron chi connectivity index (χ4n) is 4.09. The Bertz CT molecular complexity index is 1230. The van der Waals surface area contributed by atoms with E-state index in [0.29, 0.717) is 0 Å². The molecular formula is C34H48ClFN2. The van der Waals surface area contributed by atoms with E-state index in [9.17, 15) is 4.39 Å². The van der Waals surface area contributed by atoms with Crippen LogP contribution in [0.2, 0.25) is 5.02 Å². The summed E-state index contributed by atoms with van der Waals surface area (Å²) < 4.78 is 14.5. The summed E-state index contributed by atoms with van der Waals surface area (Å²) in [6.07, 6.45) is 7.47. The topological polar surface area (TPSA) is 28.1 Å². The number of H-pyrrole nitrogens is 1. The van der Waals surface area contributed by atoms with Crippen LogP contribution in [0, 0.1) is 12.7 Å². The zero-order valence-corrected chi connectivity index (χ0v) is 25.8. The molecule has 1 atom stereocenters. The van der Waals surface area contributed by atoms with Gasteiger partial charge in [-0.1, -0.05) is 69.5 Å². The molecular weight excluding hydrogens is 491 g/mol. The Labute approximate surface area is 236 Å². The van der Waals surface area contributed by atoms with Gasteiger partial charge >= 0.3 is 0 Å². The molecule has 0 bridgehead atoms. The lowest BCUT2D eigenvalue weighted by Gasteiger charge is -2.15. The van der Waals surface area contributed by atoms with E-state index in [1.807, 2.05) is 58.0 Å². The summed E-state index contributed by atoms with van der Waals surface area (Å²) in [7, 11) is 0. The molecule has 0 radical (unpaired) electrons. The van der Waals surface area contributed by atoms with Gasteiger partial charge in [0.25, 0.3) is 0 Å². The molecule has 0 fully saturated rings. The molecule has 1 heterocycles. The minimum absolute atomic E-state index is 0.0244. The largest absolute Gasteiger partial charge is 0.358 e. The number of aliphatic imine (C=N–C) groups is 1. The van der Waals surface area contributed by atoms with Crippen LogP contribution in [0.3, 0.4) is 0 Å². The second-order valence-electron chi connectivity index (χ2n) is 10.2. The van der Waals surface area contributed by atoms with Crippen LogP contribution in [0.1, 0.15) is 109 Å². The molecule has 4 heteroatoms. The molecule has 0 saturated heterocycles. The Morgan fingerprint density at radius 1 is 1.08 bits per heavy atom. The molecule has 0 amide bonds. The smallest absolute Gasteiger partial charge is 0.127 e. The molecule has 0 aliphatic carbocycles. The lowest BCUT2D eigenvalue weighted by atomic mass is 9.91. The monoisotopic (exact) mass is 538 g/mol. The van der Waals surface area contributed by atoms with Crippen molar-refractivity contribution < 1.29 is 4.39 Å². The van der Waals surface area contributed by atoms with Gasteiger partial charge in [-0.15, -0.1) is 6.58 Å². The number of hydrogen-bond donors (Lipinski definition) is 1. The van der Waals surface area contributed by atoms with Gasteiger partial charge in [0.2, 0.25) is 0 Å². The van der Waals surface area contributed by atoms with E-state index < -0.39 is 0 Å². The van der Waals surface area contributed by atoms with Gasteiger partial charge in [-0.3, -0.25) is 4.99 Å². The summed E-state index contributed by atoms with van der Waals surface area (Å²) in [6, 6.07) is 11.4. The van der Waals surface area contributed by atoms with Crippen LogP contribution < -0.4 is 0 Å². The number of halogens is 2. The number of allylic oxidation sites excluding steroid dienone is 3. The lowest BCUT2D eigenvalue weighted by molar-refractivity contribution is 0.599. The van der Waals surface area contributed by atoms with Crippen molar-refractivity contribution in [3.63, 3.8) is 0 Å². The average molecular weight is 539 g/mol. The number of aromatic amines is 1. The number of aromatic nitrogens is 1. The maximum absolute atomic E-state index is 14.5. The van der Waals surface area contributed by atoms with Crippen molar-refractivity contribution in [3.8, 4) is 0 Å². The van der Waals surface area contributed by atoms with Crippen LogP contribution in [-0.2, 0) is 6.42 Å². The maximum atomic E-state index is 14.5. The first-order valence-corrected chi connectivity index (χ1v) is 14.2. The zero-order chi connectivity index (χ0) is 28.8. The number of fused-ring (bicyclic) bond motifs is 1. The number of aryl methyl sites for hydroxylation is 2. The zero-order valence-electron chi connectivity index (χ0n) is 25.1. The molecule has 0 aliphatic rings. The van der Waals surface area contributed by atoms with Crippen LogP contribution in [0.5, 0.6) is 0 Å². The predicted molar refractivity (Wildman–Crippen MR) is 169 cm³/mol. The highest BCUT2D eigenvalue weighted by Gasteiger charge is 2.20. The van der Waals surface area contributed by atoms with Crippen molar-refractivity contribution in [1.82, 2.24) is 4.98 Å². The molecule has 0 spiro atoms. The third kappa shape index (κ3) is 11.0. The summed E-state index contributed by atoms with van der Waals surface area (Å²) in [5.41, 5.74) is 8.63. The number of nitrogens with one attached hydrogen (secondary N) is 1. The van der Waals surface area contributed by atoms with Crippen molar-refractivity contribution >= 4 is 28.2 Å². The van der Waals surface area contributed by atoms with Crippen LogP contribution in [0.25, 0.3) is 10.9 Å². The first-order chi connectivity index (χ1) is 17.9. The van der Waals surface area contributed by atoms with E-state index in [1.54, 1.807) is 6.07 Å². The van der Waals surface area contributed by atoms with Crippen molar-refractivity contribution in [2.75, 3.05) is 0 Å². The highest BCUT2D eigenvalue weighted by molar-refractivity contribution is 6.31. The number of rotatable bonds is 8. The van der Waals surface area contributed by atoms with E-state index in [1.165, 1.54) is 16.8 Å². The van der Waals surface area contributed by atoms with Gasteiger partial charge in [-0.25, -0.2) is 4.39 Å². The SMILES string of the molecule is C=C(C)C.CC/C=C(\C)N=C(C)CC.CCCCc1c(C(C)c2ccc(C)cc2F)[nH]c2ccc(Cl)cc12. The average Bonchev–Trinajstić information content (AvgIpc) is 3.20. The summed E-state index contributed by atoms with van der Waals surface area (Å²) >= 11 is 6.20. The molecule has 0 aliphatic heterocycles. The van der Waals surface area contributed by atoms with Crippen LogP contribution >= 0.6 is 11.6 Å². The third-order valence-electron chi connectivity index (χ3n) is 6.12. The van der Waals surface area contributed by atoms with Crippen LogP contribution in [0.4, 0.5) is 4.39 Å². The van der Waals surface area contributed by atoms with Crippen molar-refractivity contribution in [2.24, 2.45) is 4.99 Å². The van der Waals surface area contributed by atoms with Crippen molar-refractivity contribution in [1.29, 1.82) is 0 Å². The van der Waals surface area contributed by atoms with E-state index in [-0.39, 0.29) is 11.7 Å². The van der Waals surface area contributed by atoms with Gasteiger partial charge in [0.1, 0.15) is 5.82 Å². The first kappa shape index (κ1) is 33.4. The molecule has 1 unspecified atom stereocenters. The van der Waals surface area contributed by atoms with Crippen LogP contribution in [0.15, 0.2) is 65.3 Å². The van der Waals surface area contributed by atoms with E-state index >= 15 is 0 Å². The molecule has 2 nitrogen and oxygen atoms in total. The van der Waals surface area contributed by atoms with E-state index in [2.05, 4.69) is 57.3 Å². The van der Waals surface area contributed by atoms with Gasteiger partial charge in [-0.05, 0) is 101 Å². The van der Waals surface area contributed by atoms with Crippen molar-refractivity contribution in [2.45, 2.75) is 100 Å². The Morgan fingerprint density at radius 2 is 1.74 bits per heavy atom. The molecule has 2 aromatic carbocycles. The van der Waals surface area contributed by atoms with Gasteiger partial charge < -0.3 is 4.98 Å². The van der Waals surface area contributed by atoms with Gasteiger partial charge in [0.15, 0.2) is 0 Å². The molecule has 3 rings (SSSR count). The first-order valence-electron chi connectivity index (χ1n) is 13.8. The quantitative estimate of drug-likeness (QED) is 0.218. The van der Waals surface area contributed by atoms with Crippen LogP contribution in [-0.4, -0.2) is 10.7 Å². The lowest BCUT2D eigenvalue weighted by Crippen LogP contribution is -2.03. The highest BCUT2D eigenvalue weighted by Crippen LogP contribution is 2.35. The Kier molecular flexibility index (Phi) is 15.0. The fourth-order valence-corrected chi connectivity index (χ4v) is 4.27. The molecule has 1 aromatic heterocycles. The molecule has 1 N–H and O–H groups in total. The minimum atomic E-state index is -0.138. The summed E-state index contributed by atoms with van der Waals surface area (Å²) in [4.78, 5) is 7.88. The van der Waals surface area contributed by atoms with Gasteiger partial charge in [0, 0.05) is 38.9 Å². The normalized spacial score (nSPS) is 12.4. The molecule has 208 valence electrons. The Hall–Kier alpha value is -2.65. The van der Waals surface area contributed by atoms with Gasteiger partial charge in [0.05, 0.1) is 0 Å². The standard InChI is InChI=1S/C21H23ClFN.C9H17N.C4H8/c1-4-5-6-17-18-12-15(22)8-10-20(18)24-21(17)14(3)16-9-7-13(2)11-19(16)23;1-5-7-9(4)10-8(3)6-2;1-4(2)3/h7-12,14,24H,4-6H2,1-3H3;7H,5-6H2,1-4H3;1H2,2-3H3/b;9-7+,10-8?;. The van der Waals surface area contributed by atoms with Crippen molar-refractivity contribution in [3.05, 3.63) is 93.5 Å². The molecule has 38 heavy (non-hydrogen) atoms. The Morgan fingerprint density at radius 3 is 2.29 bits per heavy atom. The summed E-state index contributed by atoms with van der Waals surface area (Å²) in [6.45, 7) is 22.0. The Balaban J connectivity index is 0.000000431. The van der Waals surface area contributed by atoms with E-state index in [0.717, 1.165) is 70.5 Å². The number of unbranched alkanes of at least 4 members (excludes halogenated alkanes) is 1. The third-order valence-corrected chi connectivity index (χ3v) is 6.35. The summed E-state index contributed by atoms with van der Waals surface area (Å²) in [5.74, 6) is -0.163. The fraction of sp³-hybridized carbons (Fsp3) is 0.441. The number of nitrogens with zero attached hydrogens (tertiary/aromatic N) is 1. The van der Waals surface area contributed by atoms with E-state index in [4.69, 9.17) is 11.6 Å². The maximum Gasteiger partial charge on any atom is 0.127 e. The summed E-state index contributed by atoms with van der Waals surface area (Å²) in [5, 5.41) is 1.89.